The maximum Gasteiger partial charge on any atom is 0.130 e. The van der Waals surface area contributed by atoms with Crippen LogP contribution in [0.25, 0.3) is 0 Å². The van der Waals surface area contributed by atoms with Crippen molar-refractivity contribution in [2.75, 3.05) is 12.0 Å². The number of nitrogens with two attached hydrogens (primary N) is 1. The number of aromatic nitrogens is 1. The first-order valence-electron chi connectivity index (χ1n) is 5.25. The number of nitrogen functional groups attached to an aromatic ring is 1. The molecule has 0 aliphatic heterocycles. The first-order chi connectivity index (χ1) is 8.28. The number of benzene rings is 1. The molecular formula is C13H14N2OS. The molecule has 2 rings (SSSR count). The number of ether oxygens (including phenoxy) is 1. The second-order valence-electron chi connectivity index (χ2n) is 3.54. The molecule has 2 aromatic rings. The fraction of sp³-hybridized carbons (Fsp3) is 0.154. The molecule has 0 aliphatic carbocycles. The minimum Gasteiger partial charge on any atom is -0.487 e. The second-order valence-corrected chi connectivity index (χ2v) is 4.42. The van der Waals surface area contributed by atoms with Crippen LogP contribution < -0.4 is 10.5 Å². The molecule has 0 amide bonds. The Morgan fingerprint density at radius 3 is 2.65 bits per heavy atom. The minimum absolute atomic E-state index is 0.434. The van der Waals surface area contributed by atoms with E-state index in [1.807, 2.05) is 36.6 Å². The van der Waals surface area contributed by atoms with Crippen LogP contribution in [0.1, 0.15) is 5.69 Å². The average molecular weight is 246 g/mol. The van der Waals surface area contributed by atoms with E-state index in [-0.39, 0.29) is 0 Å². The average Bonchev–Trinajstić information content (AvgIpc) is 2.37. The van der Waals surface area contributed by atoms with Gasteiger partial charge in [-0.05, 0) is 42.7 Å². The summed E-state index contributed by atoms with van der Waals surface area (Å²) in [6.45, 7) is 0.434. The number of hydrogen-bond donors (Lipinski definition) is 1. The summed E-state index contributed by atoms with van der Waals surface area (Å²) in [7, 11) is 0. The van der Waals surface area contributed by atoms with Gasteiger partial charge < -0.3 is 10.5 Å². The van der Waals surface area contributed by atoms with Gasteiger partial charge in [-0.15, -0.1) is 11.8 Å². The molecule has 0 radical (unpaired) electrons. The Morgan fingerprint density at radius 1 is 1.24 bits per heavy atom. The predicted octanol–water partition coefficient (Wildman–Crippen LogP) is 2.96. The largest absolute Gasteiger partial charge is 0.487 e. The lowest BCUT2D eigenvalue weighted by Gasteiger charge is -2.06. The summed E-state index contributed by atoms with van der Waals surface area (Å²) in [4.78, 5) is 5.40. The highest BCUT2D eigenvalue weighted by atomic mass is 32.2. The van der Waals surface area contributed by atoms with Gasteiger partial charge in [-0.25, -0.2) is 0 Å². The SMILES string of the molecule is CSc1ccc(OCc2cc(N)ccn2)cc1. The summed E-state index contributed by atoms with van der Waals surface area (Å²) in [5.74, 6) is 0.840. The standard InChI is InChI=1S/C13H14N2OS/c1-17-13-4-2-12(3-5-13)16-9-11-8-10(14)6-7-15-11/h2-8H,9H2,1H3,(H2,14,15). The summed E-state index contributed by atoms with van der Waals surface area (Å²) in [5.41, 5.74) is 7.20. The summed E-state index contributed by atoms with van der Waals surface area (Å²) < 4.78 is 5.62. The molecule has 88 valence electrons. The normalized spacial score (nSPS) is 10.2. The van der Waals surface area contributed by atoms with Crippen LogP contribution in [0.15, 0.2) is 47.5 Å². The molecule has 0 fully saturated rings. The minimum atomic E-state index is 0.434. The molecule has 0 unspecified atom stereocenters. The van der Waals surface area contributed by atoms with Gasteiger partial charge in [-0.1, -0.05) is 0 Å². The van der Waals surface area contributed by atoms with E-state index in [9.17, 15) is 0 Å². The van der Waals surface area contributed by atoms with Crippen LogP contribution in [0.5, 0.6) is 5.75 Å². The van der Waals surface area contributed by atoms with Crippen molar-refractivity contribution in [3.8, 4) is 5.75 Å². The van der Waals surface area contributed by atoms with E-state index in [1.165, 1.54) is 4.90 Å². The van der Waals surface area contributed by atoms with Crippen molar-refractivity contribution in [2.45, 2.75) is 11.5 Å². The van der Waals surface area contributed by atoms with E-state index in [1.54, 1.807) is 24.0 Å². The van der Waals surface area contributed by atoms with Crippen LogP contribution in [-0.4, -0.2) is 11.2 Å². The highest BCUT2D eigenvalue weighted by Crippen LogP contribution is 2.19. The molecule has 3 nitrogen and oxygen atoms in total. The van der Waals surface area contributed by atoms with Gasteiger partial charge in [0.2, 0.25) is 0 Å². The third-order valence-corrected chi connectivity index (χ3v) is 3.03. The lowest BCUT2D eigenvalue weighted by atomic mass is 10.3. The molecule has 0 aliphatic rings. The Hall–Kier alpha value is -1.68. The Kier molecular flexibility index (Phi) is 3.88. The molecule has 0 saturated carbocycles. The van der Waals surface area contributed by atoms with Crippen LogP contribution in [-0.2, 0) is 6.61 Å². The van der Waals surface area contributed by atoms with Gasteiger partial charge in [-0.3, -0.25) is 4.98 Å². The molecule has 2 N–H and O–H groups in total. The van der Waals surface area contributed by atoms with Gasteiger partial charge in [0, 0.05) is 16.8 Å². The maximum atomic E-state index is 5.67. The van der Waals surface area contributed by atoms with Crippen molar-refractivity contribution in [1.29, 1.82) is 0 Å². The molecule has 1 aromatic carbocycles. The number of thioether (sulfide) groups is 1. The lowest BCUT2D eigenvalue weighted by molar-refractivity contribution is 0.301. The summed E-state index contributed by atoms with van der Waals surface area (Å²) >= 11 is 1.71. The Balaban J connectivity index is 1.97. The monoisotopic (exact) mass is 246 g/mol. The quantitative estimate of drug-likeness (QED) is 0.843. The molecule has 0 atom stereocenters. The molecule has 1 aromatic heterocycles. The Labute approximate surface area is 105 Å². The van der Waals surface area contributed by atoms with Crippen molar-refractivity contribution in [3.05, 3.63) is 48.3 Å². The van der Waals surface area contributed by atoms with Crippen molar-refractivity contribution in [2.24, 2.45) is 0 Å². The second kappa shape index (κ2) is 5.59. The predicted molar refractivity (Wildman–Crippen MR) is 71.2 cm³/mol. The van der Waals surface area contributed by atoms with Gasteiger partial charge >= 0.3 is 0 Å². The Bertz CT molecular complexity index is 485. The number of hydrogen-bond acceptors (Lipinski definition) is 4. The lowest BCUT2D eigenvalue weighted by Crippen LogP contribution is -1.99. The van der Waals surface area contributed by atoms with Crippen molar-refractivity contribution >= 4 is 17.4 Å². The number of pyridine rings is 1. The van der Waals surface area contributed by atoms with Gasteiger partial charge in [0.05, 0.1) is 5.69 Å². The maximum absolute atomic E-state index is 5.67. The highest BCUT2D eigenvalue weighted by Gasteiger charge is 1.98. The van der Waals surface area contributed by atoms with Crippen LogP contribution in [0.4, 0.5) is 5.69 Å². The smallest absolute Gasteiger partial charge is 0.130 e. The topological polar surface area (TPSA) is 48.1 Å². The summed E-state index contributed by atoms with van der Waals surface area (Å²) in [6, 6.07) is 11.6. The Morgan fingerprint density at radius 2 is 2.00 bits per heavy atom. The fourth-order valence-electron chi connectivity index (χ4n) is 1.41. The van der Waals surface area contributed by atoms with Gasteiger partial charge in [0.25, 0.3) is 0 Å². The molecule has 0 bridgehead atoms. The van der Waals surface area contributed by atoms with Crippen LogP contribution in [0.2, 0.25) is 0 Å². The zero-order valence-electron chi connectivity index (χ0n) is 9.59. The number of nitrogens with zero attached hydrogens (tertiary/aromatic N) is 1. The van der Waals surface area contributed by atoms with E-state index in [0.717, 1.165) is 11.4 Å². The molecule has 0 saturated heterocycles. The van der Waals surface area contributed by atoms with Crippen LogP contribution >= 0.6 is 11.8 Å². The first-order valence-corrected chi connectivity index (χ1v) is 6.47. The van der Waals surface area contributed by atoms with E-state index < -0.39 is 0 Å². The molecule has 4 heteroatoms. The molecular weight excluding hydrogens is 232 g/mol. The third-order valence-electron chi connectivity index (χ3n) is 2.29. The van der Waals surface area contributed by atoms with E-state index in [0.29, 0.717) is 12.3 Å². The van der Waals surface area contributed by atoms with Crippen molar-refractivity contribution < 1.29 is 4.74 Å². The number of anilines is 1. The zero-order valence-corrected chi connectivity index (χ0v) is 10.4. The molecule has 0 spiro atoms. The van der Waals surface area contributed by atoms with Crippen molar-refractivity contribution in [1.82, 2.24) is 4.98 Å². The highest BCUT2D eigenvalue weighted by molar-refractivity contribution is 7.98. The van der Waals surface area contributed by atoms with Gasteiger partial charge in [0.1, 0.15) is 12.4 Å². The third kappa shape index (κ3) is 3.39. The van der Waals surface area contributed by atoms with Crippen molar-refractivity contribution in [3.63, 3.8) is 0 Å². The van der Waals surface area contributed by atoms with E-state index in [4.69, 9.17) is 10.5 Å². The summed E-state index contributed by atoms with van der Waals surface area (Å²) in [5, 5.41) is 0. The van der Waals surface area contributed by atoms with Gasteiger partial charge in [-0.2, -0.15) is 0 Å². The van der Waals surface area contributed by atoms with Crippen LogP contribution in [0.3, 0.4) is 0 Å². The van der Waals surface area contributed by atoms with Crippen LogP contribution in [0, 0.1) is 0 Å². The van der Waals surface area contributed by atoms with E-state index in [2.05, 4.69) is 4.98 Å². The fourth-order valence-corrected chi connectivity index (χ4v) is 1.81. The van der Waals surface area contributed by atoms with Gasteiger partial charge in [0.15, 0.2) is 0 Å². The molecule has 1 heterocycles. The molecule has 17 heavy (non-hydrogen) atoms. The first kappa shape index (κ1) is 11.8. The number of rotatable bonds is 4. The summed E-state index contributed by atoms with van der Waals surface area (Å²) in [6.07, 6.45) is 3.73. The van der Waals surface area contributed by atoms with E-state index >= 15 is 0 Å². The zero-order chi connectivity index (χ0) is 12.1.